The summed E-state index contributed by atoms with van der Waals surface area (Å²) in [7, 11) is -3.67. The summed E-state index contributed by atoms with van der Waals surface area (Å²) in [5.74, 6) is -0.667. The van der Waals surface area contributed by atoms with E-state index in [1.54, 1.807) is 6.92 Å². The average molecular weight is 397 g/mol. The maximum Gasteiger partial charge on any atom is 0.338 e. The van der Waals surface area contributed by atoms with Crippen LogP contribution in [0.5, 0.6) is 0 Å². The van der Waals surface area contributed by atoms with E-state index in [0.717, 1.165) is 19.3 Å². The van der Waals surface area contributed by atoms with Gasteiger partial charge in [0, 0.05) is 12.6 Å². The SMILES string of the molecule is CCNS(=O)(=O)c1cccc(C(=O)O[C@H](C)C(=O)N[C@@H]2CCCC[C@@H]2C)c1. The van der Waals surface area contributed by atoms with Crippen LogP contribution in [-0.2, 0) is 19.6 Å². The molecule has 0 spiro atoms. The van der Waals surface area contributed by atoms with Gasteiger partial charge < -0.3 is 10.1 Å². The number of carbonyl (C=O) groups excluding carboxylic acids is 2. The Balaban J connectivity index is 2.00. The minimum absolute atomic E-state index is 0.0214. The van der Waals surface area contributed by atoms with Crippen molar-refractivity contribution in [2.75, 3.05) is 6.54 Å². The Kier molecular flexibility index (Phi) is 7.38. The highest BCUT2D eigenvalue weighted by atomic mass is 32.2. The Labute approximate surface area is 160 Å². The number of rotatable bonds is 7. The fourth-order valence-corrected chi connectivity index (χ4v) is 4.26. The first kappa shape index (κ1) is 21.4. The lowest BCUT2D eigenvalue weighted by atomic mass is 9.86. The van der Waals surface area contributed by atoms with Crippen LogP contribution < -0.4 is 10.0 Å². The van der Waals surface area contributed by atoms with E-state index in [2.05, 4.69) is 17.0 Å². The molecule has 7 nitrogen and oxygen atoms in total. The molecule has 1 fully saturated rings. The Bertz CT molecular complexity index is 778. The van der Waals surface area contributed by atoms with Crippen LogP contribution in [0.4, 0.5) is 0 Å². The molecule has 1 aromatic rings. The molecule has 0 aromatic heterocycles. The topological polar surface area (TPSA) is 102 Å². The van der Waals surface area contributed by atoms with Gasteiger partial charge in [0.05, 0.1) is 10.5 Å². The van der Waals surface area contributed by atoms with Crippen LogP contribution in [0, 0.1) is 5.92 Å². The third kappa shape index (κ3) is 5.77. The lowest BCUT2D eigenvalue weighted by Crippen LogP contribution is -2.46. The predicted octanol–water partition coefficient (Wildman–Crippen LogP) is 2.22. The zero-order valence-electron chi connectivity index (χ0n) is 16.0. The van der Waals surface area contributed by atoms with Crippen molar-refractivity contribution in [3.05, 3.63) is 29.8 Å². The molecule has 2 N–H and O–H groups in total. The summed E-state index contributed by atoms with van der Waals surface area (Å²) >= 11 is 0. The molecule has 1 amide bonds. The van der Waals surface area contributed by atoms with E-state index in [-0.39, 0.29) is 29.0 Å². The van der Waals surface area contributed by atoms with Crippen LogP contribution >= 0.6 is 0 Å². The highest BCUT2D eigenvalue weighted by Gasteiger charge is 2.26. The Morgan fingerprint density at radius 2 is 1.96 bits per heavy atom. The van der Waals surface area contributed by atoms with E-state index in [1.165, 1.54) is 37.6 Å². The number of carbonyl (C=O) groups is 2. The van der Waals surface area contributed by atoms with Crippen molar-refractivity contribution >= 4 is 21.9 Å². The molecule has 0 heterocycles. The molecule has 0 aliphatic heterocycles. The fraction of sp³-hybridized carbons (Fsp3) is 0.579. The second kappa shape index (κ2) is 9.32. The van der Waals surface area contributed by atoms with E-state index in [0.29, 0.717) is 5.92 Å². The Hall–Kier alpha value is -1.93. The molecule has 1 aliphatic carbocycles. The smallest absolute Gasteiger partial charge is 0.338 e. The zero-order chi connectivity index (χ0) is 20.0. The van der Waals surface area contributed by atoms with E-state index in [1.807, 2.05) is 0 Å². The molecule has 150 valence electrons. The van der Waals surface area contributed by atoms with Crippen LogP contribution in [0.25, 0.3) is 0 Å². The van der Waals surface area contributed by atoms with E-state index in [4.69, 9.17) is 4.74 Å². The zero-order valence-corrected chi connectivity index (χ0v) is 16.8. The molecule has 1 aliphatic rings. The first-order valence-corrected chi connectivity index (χ1v) is 10.8. The first-order chi connectivity index (χ1) is 12.7. The summed E-state index contributed by atoms with van der Waals surface area (Å²) < 4.78 is 31.7. The van der Waals surface area contributed by atoms with Crippen molar-refractivity contribution in [3.63, 3.8) is 0 Å². The highest BCUT2D eigenvalue weighted by Crippen LogP contribution is 2.23. The van der Waals surface area contributed by atoms with Crippen molar-refractivity contribution in [3.8, 4) is 0 Å². The molecule has 0 radical (unpaired) electrons. The van der Waals surface area contributed by atoms with Gasteiger partial charge in [-0.15, -0.1) is 0 Å². The van der Waals surface area contributed by atoms with Crippen molar-refractivity contribution < 1.29 is 22.7 Å². The van der Waals surface area contributed by atoms with Gasteiger partial charge >= 0.3 is 5.97 Å². The van der Waals surface area contributed by atoms with Gasteiger partial charge in [-0.05, 0) is 43.9 Å². The van der Waals surface area contributed by atoms with E-state index in [9.17, 15) is 18.0 Å². The lowest BCUT2D eigenvalue weighted by molar-refractivity contribution is -0.130. The molecule has 1 saturated carbocycles. The molecule has 8 heteroatoms. The molecule has 2 rings (SSSR count). The monoisotopic (exact) mass is 396 g/mol. The summed E-state index contributed by atoms with van der Waals surface area (Å²) in [6, 6.07) is 5.67. The standard InChI is InChI=1S/C19H28N2O5S/c1-4-20-27(24,25)16-10-7-9-15(12-16)19(23)26-14(3)18(22)21-17-11-6-5-8-13(17)2/h7,9-10,12-14,17,20H,4-6,8,11H2,1-3H3,(H,21,22)/t13-,14+,17+/m0/s1. The molecule has 27 heavy (non-hydrogen) atoms. The Morgan fingerprint density at radius 1 is 1.26 bits per heavy atom. The number of esters is 1. The second-order valence-electron chi connectivity index (χ2n) is 6.95. The van der Waals surface area contributed by atoms with Crippen LogP contribution in [0.3, 0.4) is 0 Å². The van der Waals surface area contributed by atoms with E-state index < -0.39 is 22.1 Å². The number of hydrogen-bond donors (Lipinski definition) is 2. The summed E-state index contributed by atoms with van der Waals surface area (Å²) in [6.45, 7) is 5.54. The van der Waals surface area contributed by atoms with Crippen molar-refractivity contribution in [1.29, 1.82) is 0 Å². The van der Waals surface area contributed by atoms with Crippen LogP contribution in [0.2, 0.25) is 0 Å². The number of amides is 1. The number of nitrogens with one attached hydrogen (secondary N) is 2. The first-order valence-electron chi connectivity index (χ1n) is 9.35. The molecular weight excluding hydrogens is 368 g/mol. The van der Waals surface area contributed by atoms with E-state index >= 15 is 0 Å². The molecular formula is C19H28N2O5S. The van der Waals surface area contributed by atoms with Crippen LogP contribution in [-0.4, -0.2) is 39.0 Å². The fourth-order valence-electron chi connectivity index (χ4n) is 3.18. The lowest BCUT2D eigenvalue weighted by Gasteiger charge is -2.30. The summed E-state index contributed by atoms with van der Waals surface area (Å²) in [5.41, 5.74) is 0.0830. The van der Waals surface area contributed by atoms with Crippen LogP contribution in [0.1, 0.15) is 56.8 Å². The van der Waals surface area contributed by atoms with Gasteiger partial charge in [0.1, 0.15) is 0 Å². The number of sulfonamides is 1. The van der Waals surface area contributed by atoms with Gasteiger partial charge in [-0.3, -0.25) is 4.79 Å². The minimum atomic E-state index is -3.67. The molecule has 0 bridgehead atoms. The molecule has 0 unspecified atom stereocenters. The third-order valence-electron chi connectivity index (χ3n) is 4.81. The second-order valence-corrected chi connectivity index (χ2v) is 8.72. The molecule has 0 saturated heterocycles. The minimum Gasteiger partial charge on any atom is -0.449 e. The van der Waals surface area contributed by atoms with Gasteiger partial charge in [0.15, 0.2) is 6.10 Å². The predicted molar refractivity (Wildman–Crippen MR) is 102 cm³/mol. The summed E-state index contributed by atoms with van der Waals surface area (Å²) in [4.78, 5) is 24.7. The van der Waals surface area contributed by atoms with Gasteiger partial charge in [-0.25, -0.2) is 17.9 Å². The van der Waals surface area contributed by atoms with Crippen molar-refractivity contribution in [1.82, 2.24) is 10.0 Å². The number of ether oxygens (including phenoxy) is 1. The third-order valence-corrected chi connectivity index (χ3v) is 6.35. The number of hydrogen-bond acceptors (Lipinski definition) is 5. The summed E-state index contributed by atoms with van der Waals surface area (Å²) in [5, 5.41) is 2.96. The quantitative estimate of drug-likeness (QED) is 0.688. The van der Waals surface area contributed by atoms with Crippen LogP contribution in [0.15, 0.2) is 29.2 Å². The van der Waals surface area contributed by atoms with Gasteiger partial charge in [-0.1, -0.05) is 32.8 Å². The molecule has 1 aromatic carbocycles. The van der Waals surface area contributed by atoms with Gasteiger partial charge in [0.2, 0.25) is 10.0 Å². The highest BCUT2D eigenvalue weighted by molar-refractivity contribution is 7.89. The molecule has 3 atom stereocenters. The van der Waals surface area contributed by atoms with Crippen molar-refractivity contribution in [2.45, 2.75) is 63.5 Å². The maximum atomic E-state index is 12.3. The number of benzene rings is 1. The maximum absolute atomic E-state index is 12.3. The largest absolute Gasteiger partial charge is 0.449 e. The van der Waals surface area contributed by atoms with Gasteiger partial charge in [-0.2, -0.15) is 0 Å². The Morgan fingerprint density at radius 3 is 2.63 bits per heavy atom. The van der Waals surface area contributed by atoms with Crippen molar-refractivity contribution in [2.24, 2.45) is 5.92 Å². The normalized spacial score (nSPS) is 21.3. The average Bonchev–Trinajstić information content (AvgIpc) is 2.63. The van der Waals surface area contributed by atoms with Gasteiger partial charge in [0.25, 0.3) is 5.91 Å². The summed E-state index contributed by atoms with van der Waals surface area (Å²) in [6.07, 6.45) is 3.30.